The Labute approximate surface area is 126 Å². The van der Waals surface area contributed by atoms with Crippen molar-refractivity contribution in [3.63, 3.8) is 0 Å². The zero-order chi connectivity index (χ0) is 15.9. The van der Waals surface area contributed by atoms with E-state index in [4.69, 9.17) is 9.47 Å². The normalized spacial score (nSPS) is 17.1. The molecule has 1 aliphatic heterocycles. The van der Waals surface area contributed by atoms with Gasteiger partial charge in [-0.3, -0.25) is 0 Å². The molecule has 0 aromatic heterocycles. The first kappa shape index (κ1) is 14.1. The van der Waals surface area contributed by atoms with Gasteiger partial charge in [0, 0.05) is 19.4 Å². The Morgan fingerprint density at radius 3 is 2.32 bits per heavy atom. The molecule has 2 aromatic carbocycles. The van der Waals surface area contributed by atoms with Crippen LogP contribution in [0.3, 0.4) is 0 Å². The lowest BCUT2D eigenvalue weighted by atomic mass is 10.0. The van der Waals surface area contributed by atoms with Crippen LogP contribution in [0.1, 0.15) is 19.4 Å². The van der Waals surface area contributed by atoms with Gasteiger partial charge in [0.05, 0.1) is 0 Å². The molecular weight excluding hydrogens is 284 g/mol. The van der Waals surface area contributed by atoms with E-state index in [0.717, 1.165) is 10.8 Å². The maximum atomic E-state index is 12.0. The zero-order valence-corrected chi connectivity index (χ0v) is 12.1. The molecule has 2 aromatic rings. The molecular formula is C17H14O5. The molecule has 0 bridgehead atoms. The second kappa shape index (κ2) is 4.87. The van der Waals surface area contributed by atoms with Crippen LogP contribution in [0.15, 0.2) is 42.0 Å². The number of carbonyl (C=O) groups is 2. The van der Waals surface area contributed by atoms with Gasteiger partial charge in [-0.1, -0.05) is 30.3 Å². The molecule has 0 spiro atoms. The standard InChI is InChI=1S/C17H14O5/c1-17(2)21-15(19)13(16(20)22-17)9-12-11-6-4-3-5-10(11)7-8-14(12)18/h3-9,18H,1-2H3. The highest BCUT2D eigenvalue weighted by molar-refractivity contribution is 6.19. The van der Waals surface area contributed by atoms with Gasteiger partial charge in [-0.2, -0.15) is 0 Å². The predicted octanol–water partition coefficient (Wildman–Crippen LogP) is 2.76. The molecule has 5 heteroatoms. The summed E-state index contributed by atoms with van der Waals surface area (Å²) in [7, 11) is 0. The van der Waals surface area contributed by atoms with Gasteiger partial charge in [0.1, 0.15) is 11.3 Å². The Hall–Kier alpha value is -2.82. The maximum Gasteiger partial charge on any atom is 0.348 e. The summed E-state index contributed by atoms with van der Waals surface area (Å²) in [5.41, 5.74) is 0.132. The lowest BCUT2D eigenvalue weighted by molar-refractivity contribution is -0.222. The predicted molar refractivity (Wildman–Crippen MR) is 79.9 cm³/mol. The molecule has 5 nitrogen and oxygen atoms in total. The van der Waals surface area contributed by atoms with E-state index < -0.39 is 17.7 Å². The first-order valence-electron chi connectivity index (χ1n) is 6.76. The van der Waals surface area contributed by atoms with E-state index in [9.17, 15) is 14.7 Å². The van der Waals surface area contributed by atoms with Crippen molar-refractivity contribution in [2.45, 2.75) is 19.6 Å². The average Bonchev–Trinajstić information content (AvgIpc) is 2.43. The molecule has 1 heterocycles. The summed E-state index contributed by atoms with van der Waals surface area (Å²) in [6.07, 6.45) is 1.30. The van der Waals surface area contributed by atoms with Gasteiger partial charge in [0.25, 0.3) is 5.79 Å². The molecule has 22 heavy (non-hydrogen) atoms. The van der Waals surface area contributed by atoms with Crippen molar-refractivity contribution in [2.24, 2.45) is 0 Å². The van der Waals surface area contributed by atoms with Crippen LogP contribution < -0.4 is 0 Å². The highest BCUT2D eigenvalue weighted by Crippen LogP contribution is 2.31. The third kappa shape index (κ3) is 2.41. The fraction of sp³-hybridized carbons (Fsp3) is 0.176. The van der Waals surface area contributed by atoms with E-state index in [0.29, 0.717) is 5.56 Å². The topological polar surface area (TPSA) is 72.8 Å². The van der Waals surface area contributed by atoms with Crippen molar-refractivity contribution in [2.75, 3.05) is 0 Å². The number of hydrogen-bond acceptors (Lipinski definition) is 5. The summed E-state index contributed by atoms with van der Waals surface area (Å²) in [6, 6.07) is 10.6. The van der Waals surface area contributed by atoms with Crippen LogP contribution in [0.2, 0.25) is 0 Å². The van der Waals surface area contributed by atoms with Crippen LogP contribution >= 0.6 is 0 Å². The van der Waals surface area contributed by atoms with Crippen LogP contribution in [-0.2, 0) is 19.1 Å². The Kier molecular flexibility index (Phi) is 3.13. The van der Waals surface area contributed by atoms with Gasteiger partial charge >= 0.3 is 11.9 Å². The first-order chi connectivity index (χ1) is 10.4. The number of hydrogen-bond donors (Lipinski definition) is 1. The Balaban J connectivity index is 2.15. The number of fused-ring (bicyclic) bond motifs is 1. The summed E-state index contributed by atoms with van der Waals surface area (Å²) in [4.78, 5) is 24.0. The SMILES string of the molecule is CC1(C)OC(=O)C(=Cc2c(O)ccc3ccccc23)C(=O)O1. The number of phenols is 1. The molecule has 0 saturated carbocycles. The Morgan fingerprint density at radius 1 is 1.00 bits per heavy atom. The van der Waals surface area contributed by atoms with Crippen molar-refractivity contribution >= 4 is 28.8 Å². The number of phenolic OH excluding ortho intramolecular Hbond substituents is 1. The zero-order valence-electron chi connectivity index (χ0n) is 12.1. The smallest absolute Gasteiger partial charge is 0.348 e. The molecule has 1 N–H and O–H groups in total. The second-order valence-corrected chi connectivity index (χ2v) is 5.46. The summed E-state index contributed by atoms with van der Waals surface area (Å²) in [5.74, 6) is -2.86. The summed E-state index contributed by atoms with van der Waals surface area (Å²) in [6.45, 7) is 2.96. The molecule has 112 valence electrons. The van der Waals surface area contributed by atoms with Crippen molar-refractivity contribution < 1.29 is 24.2 Å². The third-order valence-electron chi connectivity index (χ3n) is 3.35. The second-order valence-electron chi connectivity index (χ2n) is 5.46. The minimum absolute atomic E-state index is 0.0309. The minimum atomic E-state index is -1.29. The molecule has 1 fully saturated rings. The van der Waals surface area contributed by atoms with E-state index in [2.05, 4.69) is 0 Å². The van der Waals surface area contributed by atoms with E-state index in [1.165, 1.54) is 26.0 Å². The quantitative estimate of drug-likeness (QED) is 0.498. The molecule has 0 unspecified atom stereocenters. The number of aromatic hydroxyl groups is 1. The summed E-state index contributed by atoms with van der Waals surface area (Å²) >= 11 is 0. The lowest BCUT2D eigenvalue weighted by Crippen LogP contribution is -2.41. The van der Waals surface area contributed by atoms with E-state index >= 15 is 0 Å². The lowest BCUT2D eigenvalue weighted by Gasteiger charge is -2.29. The fourth-order valence-corrected chi connectivity index (χ4v) is 2.36. The highest BCUT2D eigenvalue weighted by atomic mass is 16.7. The highest BCUT2D eigenvalue weighted by Gasteiger charge is 2.39. The monoisotopic (exact) mass is 298 g/mol. The molecule has 0 atom stereocenters. The van der Waals surface area contributed by atoms with Crippen molar-refractivity contribution in [3.05, 3.63) is 47.5 Å². The van der Waals surface area contributed by atoms with Gasteiger partial charge in [0.2, 0.25) is 0 Å². The molecule has 0 radical (unpaired) electrons. The van der Waals surface area contributed by atoms with Crippen LogP contribution in [-0.4, -0.2) is 22.8 Å². The number of rotatable bonds is 1. The van der Waals surface area contributed by atoms with E-state index in [1.807, 2.05) is 18.2 Å². The number of cyclic esters (lactones) is 2. The fourth-order valence-electron chi connectivity index (χ4n) is 2.36. The van der Waals surface area contributed by atoms with Crippen molar-refractivity contribution in [1.29, 1.82) is 0 Å². The van der Waals surface area contributed by atoms with Crippen LogP contribution in [0.4, 0.5) is 0 Å². The van der Waals surface area contributed by atoms with E-state index in [1.54, 1.807) is 12.1 Å². The van der Waals surface area contributed by atoms with Crippen LogP contribution in [0.5, 0.6) is 5.75 Å². The molecule has 0 aliphatic carbocycles. The van der Waals surface area contributed by atoms with Crippen molar-refractivity contribution in [1.82, 2.24) is 0 Å². The third-order valence-corrected chi connectivity index (χ3v) is 3.35. The van der Waals surface area contributed by atoms with Crippen molar-refractivity contribution in [3.8, 4) is 5.75 Å². The minimum Gasteiger partial charge on any atom is -0.507 e. The maximum absolute atomic E-state index is 12.0. The summed E-state index contributed by atoms with van der Waals surface area (Å²) in [5, 5.41) is 11.7. The van der Waals surface area contributed by atoms with Gasteiger partial charge in [0.15, 0.2) is 0 Å². The number of carbonyl (C=O) groups excluding carboxylic acids is 2. The molecule has 0 amide bonds. The number of benzene rings is 2. The Bertz CT molecular complexity index is 795. The first-order valence-corrected chi connectivity index (χ1v) is 6.76. The van der Waals surface area contributed by atoms with Gasteiger partial charge in [-0.05, 0) is 22.9 Å². The average molecular weight is 298 g/mol. The number of ether oxygens (including phenoxy) is 2. The van der Waals surface area contributed by atoms with Gasteiger partial charge in [-0.15, -0.1) is 0 Å². The molecule has 1 saturated heterocycles. The van der Waals surface area contributed by atoms with E-state index in [-0.39, 0.29) is 11.3 Å². The molecule has 1 aliphatic rings. The van der Waals surface area contributed by atoms with Crippen LogP contribution in [0, 0.1) is 0 Å². The largest absolute Gasteiger partial charge is 0.507 e. The van der Waals surface area contributed by atoms with Gasteiger partial charge < -0.3 is 14.6 Å². The van der Waals surface area contributed by atoms with Gasteiger partial charge in [-0.25, -0.2) is 9.59 Å². The molecule has 3 rings (SSSR count). The van der Waals surface area contributed by atoms with Crippen LogP contribution in [0.25, 0.3) is 16.8 Å². The Morgan fingerprint density at radius 2 is 1.64 bits per heavy atom. The summed E-state index contributed by atoms with van der Waals surface area (Å²) < 4.78 is 10.1. The number of esters is 2.